The van der Waals surface area contributed by atoms with E-state index in [0.717, 1.165) is 12.0 Å². The summed E-state index contributed by atoms with van der Waals surface area (Å²) in [5.41, 5.74) is -0.526. The molecule has 0 radical (unpaired) electrons. The quantitative estimate of drug-likeness (QED) is 0.545. The lowest BCUT2D eigenvalue weighted by molar-refractivity contribution is -0.153. The van der Waals surface area contributed by atoms with Gasteiger partial charge in [0.25, 0.3) is 0 Å². The molecule has 0 saturated carbocycles. The molecule has 1 heterocycles. The summed E-state index contributed by atoms with van der Waals surface area (Å²) in [4.78, 5) is 38.6. The molecule has 1 aromatic rings. The van der Waals surface area contributed by atoms with Crippen molar-refractivity contribution in [2.24, 2.45) is 5.92 Å². The van der Waals surface area contributed by atoms with E-state index in [0.29, 0.717) is 25.8 Å². The van der Waals surface area contributed by atoms with Crippen LogP contribution in [0.5, 0.6) is 0 Å². The molecule has 0 unspecified atom stereocenters. The highest BCUT2D eigenvalue weighted by Gasteiger charge is 2.48. The first-order chi connectivity index (χ1) is 14.8. The zero-order valence-corrected chi connectivity index (χ0v) is 18.6. The summed E-state index contributed by atoms with van der Waals surface area (Å²) in [6, 6.07) is 8.76. The van der Waals surface area contributed by atoms with Gasteiger partial charge in [0.2, 0.25) is 0 Å². The number of likely N-dealkylation sites (tertiary alicyclic amines) is 1. The summed E-state index contributed by atoms with van der Waals surface area (Å²) in [6.45, 7) is 4.68. The predicted molar refractivity (Wildman–Crippen MR) is 115 cm³/mol. The number of benzene rings is 1. The van der Waals surface area contributed by atoms with Crippen molar-refractivity contribution in [3.05, 3.63) is 35.9 Å². The Morgan fingerprint density at radius 3 is 2.52 bits per heavy atom. The lowest BCUT2D eigenvalue weighted by Gasteiger charge is -2.43. The van der Waals surface area contributed by atoms with E-state index in [9.17, 15) is 19.5 Å². The fourth-order valence-corrected chi connectivity index (χ4v) is 4.02. The zero-order chi connectivity index (χ0) is 22.9. The maximum Gasteiger partial charge on any atom is 0.411 e. The van der Waals surface area contributed by atoms with Gasteiger partial charge in [-0.1, -0.05) is 44.2 Å². The van der Waals surface area contributed by atoms with E-state index in [1.54, 1.807) is 0 Å². The molecule has 8 heteroatoms. The van der Waals surface area contributed by atoms with E-state index in [1.807, 2.05) is 44.2 Å². The van der Waals surface area contributed by atoms with Crippen LogP contribution in [0.1, 0.15) is 51.5 Å². The average molecular weight is 435 g/mol. The molecule has 0 bridgehead atoms. The summed E-state index contributed by atoms with van der Waals surface area (Å²) < 4.78 is 10.3. The van der Waals surface area contributed by atoms with Crippen LogP contribution in [0.3, 0.4) is 0 Å². The lowest BCUT2D eigenvalue weighted by atomic mass is 9.83. The van der Waals surface area contributed by atoms with Crippen LogP contribution in [-0.4, -0.2) is 59.8 Å². The molecule has 0 spiro atoms. The molecule has 2 N–H and O–H groups in total. The van der Waals surface area contributed by atoms with Gasteiger partial charge in [0.05, 0.1) is 7.11 Å². The molecule has 31 heavy (non-hydrogen) atoms. The fourth-order valence-electron chi connectivity index (χ4n) is 4.02. The van der Waals surface area contributed by atoms with Gasteiger partial charge in [0.15, 0.2) is 0 Å². The Hall–Kier alpha value is -2.61. The van der Waals surface area contributed by atoms with Gasteiger partial charge in [-0.3, -0.25) is 9.69 Å². The summed E-state index contributed by atoms with van der Waals surface area (Å²) in [7, 11) is 1.34. The Labute approximate surface area is 183 Å². The molecule has 1 amide bonds. The molecule has 1 aliphatic rings. The number of amides is 1. The van der Waals surface area contributed by atoms with E-state index in [1.165, 1.54) is 12.0 Å². The van der Waals surface area contributed by atoms with Crippen LogP contribution >= 0.6 is 0 Å². The number of carboxylic acid groups (broad SMARTS) is 1. The fraction of sp³-hybridized carbons (Fsp3) is 0.609. The number of carbonyl (C=O) groups excluding carboxylic acids is 2. The third-order valence-corrected chi connectivity index (χ3v) is 5.68. The van der Waals surface area contributed by atoms with Gasteiger partial charge >= 0.3 is 18.0 Å². The second-order valence-corrected chi connectivity index (χ2v) is 8.40. The summed E-state index contributed by atoms with van der Waals surface area (Å²) in [5, 5.41) is 13.2. The average Bonchev–Trinajstić information content (AvgIpc) is 2.76. The van der Waals surface area contributed by atoms with Crippen molar-refractivity contribution in [3.8, 4) is 0 Å². The smallest absolute Gasteiger partial charge is 0.411 e. The highest BCUT2D eigenvalue weighted by atomic mass is 16.6. The maximum absolute atomic E-state index is 12.8. The van der Waals surface area contributed by atoms with Crippen molar-refractivity contribution in [2.75, 3.05) is 20.2 Å². The van der Waals surface area contributed by atoms with Crippen molar-refractivity contribution in [3.63, 3.8) is 0 Å². The number of ether oxygens (including phenoxy) is 2. The van der Waals surface area contributed by atoms with Crippen LogP contribution in [0.15, 0.2) is 30.3 Å². The third-order valence-electron chi connectivity index (χ3n) is 5.68. The molecular formula is C23H34N2O6. The van der Waals surface area contributed by atoms with E-state index in [-0.39, 0.29) is 31.5 Å². The molecule has 8 nitrogen and oxygen atoms in total. The number of hydrogen-bond donors (Lipinski definition) is 2. The molecule has 2 rings (SSSR count). The molecule has 1 aliphatic heterocycles. The molecule has 0 aromatic heterocycles. The number of aliphatic carboxylic acids is 1. The van der Waals surface area contributed by atoms with Crippen LogP contribution in [0.2, 0.25) is 0 Å². The van der Waals surface area contributed by atoms with Crippen LogP contribution < -0.4 is 5.32 Å². The number of carbonyl (C=O) groups is 3. The molecule has 1 aromatic carbocycles. The number of rotatable bonds is 10. The first-order valence-corrected chi connectivity index (χ1v) is 10.8. The summed E-state index contributed by atoms with van der Waals surface area (Å²) in [6.07, 6.45) is 1.90. The zero-order valence-electron chi connectivity index (χ0n) is 18.6. The number of hydrogen-bond acceptors (Lipinski definition) is 6. The van der Waals surface area contributed by atoms with Crippen molar-refractivity contribution in [1.29, 1.82) is 0 Å². The predicted octanol–water partition coefficient (Wildman–Crippen LogP) is 3.20. The molecule has 172 valence electrons. The molecule has 1 fully saturated rings. The number of esters is 1. The number of methoxy groups -OCH3 is 1. The van der Waals surface area contributed by atoms with E-state index in [4.69, 9.17) is 9.47 Å². The highest BCUT2D eigenvalue weighted by molar-refractivity contribution is 5.84. The van der Waals surface area contributed by atoms with Crippen LogP contribution in [0.25, 0.3) is 0 Å². The van der Waals surface area contributed by atoms with E-state index >= 15 is 0 Å². The van der Waals surface area contributed by atoms with Crippen LogP contribution in [0.4, 0.5) is 4.79 Å². The Kier molecular flexibility index (Phi) is 9.30. The SMILES string of the molecule is COC(=O)[C@H](CC(C)C)NCC[C@@]1(C(=O)O)CCCCN1C(=O)OCc1ccccc1. The molecule has 0 aliphatic carbocycles. The van der Waals surface area contributed by atoms with E-state index in [2.05, 4.69) is 5.32 Å². The van der Waals surface area contributed by atoms with Crippen molar-refractivity contribution in [1.82, 2.24) is 10.2 Å². The van der Waals surface area contributed by atoms with Crippen LogP contribution in [-0.2, 0) is 25.7 Å². The number of carboxylic acids is 1. The minimum absolute atomic E-state index is 0.0862. The van der Waals surface area contributed by atoms with Gasteiger partial charge in [0.1, 0.15) is 18.2 Å². The van der Waals surface area contributed by atoms with Gasteiger partial charge < -0.3 is 19.9 Å². The minimum Gasteiger partial charge on any atom is -0.479 e. The normalized spacial score (nSPS) is 19.7. The Morgan fingerprint density at radius 2 is 1.90 bits per heavy atom. The van der Waals surface area contributed by atoms with Crippen molar-refractivity contribution < 1.29 is 29.0 Å². The van der Waals surface area contributed by atoms with Gasteiger partial charge in [-0.2, -0.15) is 0 Å². The molecular weight excluding hydrogens is 400 g/mol. The minimum atomic E-state index is -1.36. The first-order valence-electron chi connectivity index (χ1n) is 10.8. The standard InChI is InChI=1S/C23H34N2O6/c1-17(2)15-19(20(26)30-3)24-13-12-23(21(27)28)11-7-8-14-25(23)22(29)31-16-18-9-5-4-6-10-18/h4-6,9-10,17,19,24H,7-8,11-16H2,1-3H3,(H,27,28)/t19-,23+/m0/s1. The van der Waals surface area contributed by atoms with E-state index < -0.39 is 23.6 Å². The third kappa shape index (κ3) is 6.69. The van der Waals surface area contributed by atoms with Crippen molar-refractivity contribution in [2.45, 2.75) is 64.1 Å². The second kappa shape index (κ2) is 11.7. The number of nitrogens with zero attached hydrogens (tertiary/aromatic N) is 1. The monoisotopic (exact) mass is 434 g/mol. The topological polar surface area (TPSA) is 105 Å². The number of nitrogens with one attached hydrogen (secondary N) is 1. The first kappa shape index (κ1) is 24.7. The van der Waals surface area contributed by atoms with Gasteiger partial charge in [-0.05, 0) is 50.1 Å². The highest BCUT2D eigenvalue weighted by Crippen LogP contribution is 2.32. The second-order valence-electron chi connectivity index (χ2n) is 8.40. The summed E-state index contributed by atoms with van der Waals surface area (Å²) >= 11 is 0. The van der Waals surface area contributed by atoms with Gasteiger partial charge in [0, 0.05) is 6.54 Å². The molecule has 2 atom stereocenters. The largest absolute Gasteiger partial charge is 0.479 e. The van der Waals surface area contributed by atoms with Gasteiger partial charge in [-0.25, -0.2) is 9.59 Å². The molecule has 1 saturated heterocycles. The maximum atomic E-state index is 12.8. The van der Waals surface area contributed by atoms with Crippen LogP contribution in [0, 0.1) is 5.92 Å². The summed E-state index contributed by atoms with van der Waals surface area (Å²) in [5.74, 6) is -1.16. The van der Waals surface area contributed by atoms with Gasteiger partial charge in [-0.15, -0.1) is 0 Å². The number of piperidine rings is 1. The van der Waals surface area contributed by atoms with Crippen molar-refractivity contribution >= 4 is 18.0 Å². The Bertz CT molecular complexity index is 739. The Morgan fingerprint density at radius 1 is 1.19 bits per heavy atom. The Balaban J connectivity index is 2.07. The lowest BCUT2D eigenvalue weighted by Crippen LogP contribution is -2.60.